The van der Waals surface area contributed by atoms with Crippen LogP contribution < -0.4 is 5.32 Å². The van der Waals surface area contributed by atoms with Gasteiger partial charge in [-0.3, -0.25) is 4.79 Å². The maximum atomic E-state index is 12.5. The Morgan fingerprint density at radius 2 is 1.78 bits per heavy atom. The molecule has 0 aliphatic carbocycles. The van der Waals surface area contributed by atoms with E-state index in [0.29, 0.717) is 0 Å². The number of carbonyl (C=O) groups is 2. The van der Waals surface area contributed by atoms with Crippen LogP contribution in [0.3, 0.4) is 0 Å². The summed E-state index contributed by atoms with van der Waals surface area (Å²) in [4.78, 5) is 21.3. The minimum Gasteiger partial charge on any atom is -0.480 e. The predicted molar refractivity (Wildman–Crippen MR) is 53.6 cm³/mol. The van der Waals surface area contributed by atoms with Crippen LogP contribution in [0.1, 0.15) is 6.42 Å². The van der Waals surface area contributed by atoms with Crippen molar-refractivity contribution in [2.75, 3.05) is 12.0 Å². The molecule has 0 aliphatic rings. The summed E-state index contributed by atoms with van der Waals surface area (Å²) in [5, 5.41) is 9.74. The van der Waals surface area contributed by atoms with Crippen LogP contribution in [0.15, 0.2) is 0 Å². The Kier molecular flexibility index (Phi) is 5.84. The zero-order chi connectivity index (χ0) is 14.6. The standard InChI is InChI=1S/C8H10F5NO3S/c1-18-3-2-4(5(15)16)14-6(17)7(9,10)8(11,12)13/h4H,2-3H2,1H3,(H,14,17)(H,15,16)/t4-/m1/s1. The number of carboxylic acids is 1. The summed E-state index contributed by atoms with van der Waals surface area (Å²) in [6.45, 7) is 0. The highest BCUT2D eigenvalue weighted by Gasteiger charge is 2.63. The number of halogens is 5. The van der Waals surface area contributed by atoms with Gasteiger partial charge in [0, 0.05) is 0 Å². The third-order valence-electron chi connectivity index (χ3n) is 1.86. The van der Waals surface area contributed by atoms with Crippen molar-refractivity contribution in [1.82, 2.24) is 5.32 Å². The van der Waals surface area contributed by atoms with Crippen molar-refractivity contribution in [3.8, 4) is 0 Å². The summed E-state index contributed by atoms with van der Waals surface area (Å²) >= 11 is 1.16. The molecule has 2 N–H and O–H groups in total. The number of carbonyl (C=O) groups excluding carboxylic acids is 1. The lowest BCUT2D eigenvalue weighted by atomic mass is 10.2. The van der Waals surface area contributed by atoms with E-state index >= 15 is 0 Å². The van der Waals surface area contributed by atoms with E-state index in [9.17, 15) is 31.5 Å². The lowest BCUT2D eigenvalue weighted by Gasteiger charge is -2.21. The van der Waals surface area contributed by atoms with Crippen LogP contribution >= 0.6 is 11.8 Å². The topological polar surface area (TPSA) is 66.4 Å². The van der Waals surface area contributed by atoms with Gasteiger partial charge in [0.1, 0.15) is 6.04 Å². The largest absolute Gasteiger partial charge is 0.480 e. The van der Waals surface area contributed by atoms with Gasteiger partial charge in [-0.05, 0) is 18.4 Å². The second-order valence-corrected chi connectivity index (χ2v) is 4.20. The van der Waals surface area contributed by atoms with Crippen LogP contribution in [0.5, 0.6) is 0 Å². The van der Waals surface area contributed by atoms with Crippen molar-refractivity contribution in [2.45, 2.75) is 24.6 Å². The summed E-state index contributed by atoms with van der Waals surface area (Å²) in [5.74, 6) is -9.76. The number of rotatable bonds is 6. The van der Waals surface area contributed by atoms with Crippen LogP contribution in [-0.2, 0) is 9.59 Å². The van der Waals surface area contributed by atoms with Crippen molar-refractivity contribution in [2.24, 2.45) is 0 Å². The summed E-state index contributed by atoms with van der Waals surface area (Å²) in [7, 11) is 0. The molecule has 0 unspecified atom stereocenters. The van der Waals surface area contributed by atoms with Gasteiger partial charge in [-0.1, -0.05) is 0 Å². The van der Waals surface area contributed by atoms with Gasteiger partial charge < -0.3 is 10.4 Å². The molecule has 0 aromatic heterocycles. The molecule has 1 amide bonds. The Labute approximate surface area is 103 Å². The Morgan fingerprint density at radius 3 is 2.11 bits per heavy atom. The molecular formula is C8H10F5NO3S. The molecular weight excluding hydrogens is 285 g/mol. The van der Waals surface area contributed by atoms with Crippen molar-refractivity contribution in [1.29, 1.82) is 0 Å². The molecule has 10 heteroatoms. The molecule has 0 aromatic carbocycles. The van der Waals surface area contributed by atoms with Crippen molar-refractivity contribution < 1.29 is 36.6 Å². The molecule has 4 nitrogen and oxygen atoms in total. The average Bonchev–Trinajstić information content (AvgIpc) is 2.21. The fourth-order valence-corrected chi connectivity index (χ4v) is 1.34. The van der Waals surface area contributed by atoms with Gasteiger partial charge in [0.25, 0.3) is 0 Å². The molecule has 106 valence electrons. The van der Waals surface area contributed by atoms with E-state index in [-0.39, 0.29) is 12.2 Å². The number of amides is 1. The number of carboxylic acid groups (broad SMARTS) is 1. The second kappa shape index (κ2) is 6.21. The van der Waals surface area contributed by atoms with Crippen LogP contribution in [-0.4, -0.2) is 47.1 Å². The molecule has 0 heterocycles. The van der Waals surface area contributed by atoms with E-state index in [1.165, 1.54) is 5.32 Å². The van der Waals surface area contributed by atoms with E-state index in [2.05, 4.69) is 0 Å². The van der Waals surface area contributed by atoms with Crippen LogP contribution in [0.4, 0.5) is 22.0 Å². The van der Waals surface area contributed by atoms with E-state index < -0.39 is 30.0 Å². The molecule has 0 aliphatic heterocycles. The predicted octanol–water partition coefficient (Wildman–Crippen LogP) is 1.51. The van der Waals surface area contributed by atoms with Crippen molar-refractivity contribution >= 4 is 23.6 Å². The second-order valence-electron chi connectivity index (χ2n) is 3.22. The molecule has 0 saturated heterocycles. The Hall–Kier alpha value is -1.06. The minimum atomic E-state index is -6.06. The number of aliphatic carboxylic acids is 1. The molecule has 0 spiro atoms. The number of hydrogen-bond donors (Lipinski definition) is 2. The Balaban J connectivity index is 4.75. The summed E-state index contributed by atoms with van der Waals surface area (Å²) < 4.78 is 60.5. The smallest absolute Gasteiger partial charge is 0.463 e. The first-order valence-electron chi connectivity index (χ1n) is 4.51. The molecule has 0 bridgehead atoms. The number of hydrogen-bond acceptors (Lipinski definition) is 3. The van der Waals surface area contributed by atoms with Gasteiger partial charge in [0.15, 0.2) is 0 Å². The molecule has 0 radical (unpaired) electrons. The monoisotopic (exact) mass is 295 g/mol. The highest BCUT2D eigenvalue weighted by Crippen LogP contribution is 2.35. The van der Waals surface area contributed by atoms with Gasteiger partial charge in [-0.25, -0.2) is 4.79 Å². The third kappa shape index (κ3) is 4.31. The quantitative estimate of drug-likeness (QED) is 0.729. The zero-order valence-electron chi connectivity index (χ0n) is 9.05. The third-order valence-corrected chi connectivity index (χ3v) is 2.50. The van der Waals surface area contributed by atoms with Crippen LogP contribution in [0, 0.1) is 0 Å². The lowest BCUT2D eigenvalue weighted by molar-refractivity contribution is -0.270. The lowest BCUT2D eigenvalue weighted by Crippen LogP contribution is -2.54. The maximum Gasteiger partial charge on any atom is 0.463 e. The Bertz CT molecular complexity index is 320. The number of thioether (sulfide) groups is 1. The fraction of sp³-hybridized carbons (Fsp3) is 0.750. The van der Waals surface area contributed by atoms with Gasteiger partial charge in [-0.2, -0.15) is 33.7 Å². The first-order valence-corrected chi connectivity index (χ1v) is 5.90. The van der Waals surface area contributed by atoms with E-state index in [4.69, 9.17) is 5.11 Å². The molecule has 1 atom stereocenters. The molecule has 0 fully saturated rings. The summed E-state index contributed by atoms with van der Waals surface area (Å²) in [6.07, 6.45) is -4.72. The molecule has 0 rings (SSSR count). The van der Waals surface area contributed by atoms with Crippen LogP contribution in [0.2, 0.25) is 0 Å². The van der Waals surface area contributed by atoms with Gasteiger partial charge >= 0.3 is 24.0 Å². The van der Waals surface area contributed by atoms with E-state index in [0.717, 1.165) is 11.8 Å². The molecule has 0 saturated carbocycles. The normalized spacial score (nSPS) is 14.1. The van der Waals surface area contributed by atoms with Crippen LogP contribution in [0.25, 0.3) is 0 Å². The highest BCUT2D eigenvalue weighted by atomic mass is 32.2. The van der Waals surface area contributed by atoms with Crippen molar-refractivity contribution in [3.63, 3.8) is 0 Å². The highest BCUT2D eigenvalue weighted by molar-refractivity contribution is 7.98. The SMILES string of the molecule is CSCC[C@@H](NC(=O)C(F)(F)C(F)(F)F)C(=O)O. The zero-order valence-corrected chi connectivity index (χ0v) is 9.87. The maximum absolute atomic E-state index is 12.5. The molecule has 0 aromatic rings. The number of nitrogens with one attached hydrogen (secondary N) is 1. The first-order chi connectivity index (χ1) is 8.04. The summed E-state index contributed by atoms with van der Waals surface area (Å²) in [5.41, 5.74) is 0. The summed E-state index contributed by atoms with van der Waals surface area (Å²) in [6, 6.07) is -1.78. The van der Waals surface area contributed by atoms with E-state index in [1.54, 1.807) is 6.26 Å². The van der Waals surface area contributed by atoms with Gasteiger partial charge in [0.05, 0.1) is 0 Å². The number of alkyl halides is 5. The Morgan fingerprint density at radius 1 is 1.28 bits per heavy atom. The fourth-order valence-electron chi connectivity index (χ4n) is 0.871. The molecule has 18 heavy (non-hydrogen) atoms. The average molecular weight is 295 g/mol. The van der Waals surface area contributed by atoms with E-state index in [1.807, 2.05) is 0 Å². The van der Waals surface area contributed by atoms with Crippen molar-refractivity contribution in [3.05, 3.63) is 0 Å². The first kappa shape index (κ1) is 16.9. The minimum absolute atomic E-state index is 0.189. The van der Waals surface area contributed by atoms with Gasteiger partial charge in [-0.15, -0.1) is 0 Å². The van der Waals surface area contributed by atoms with Gasteiger partial charge in [0.2, 0.25) is 0 Å².